The molecular formula is C117H187AlCl2LiO25PS. The number of carboxylic acid groups (broad SMARTS) is 1. The molecule has 7 aromatic rings. The van der Waals surface area contributed by atoms with E-state index in [0.717, 1.165) is 123 Å². The number of alkyl halides is 2. The van der Waals surface area contributed by atoms with Gasteiger partial charge in [0.25, 0.3) is 0 Å². The number of fused-ring (bicyclic) bond motifs is 1. The fourth-order valence-corrected chi connectivity index (χ4v) is 15.5. The molecule has 0 fully saturated rings. The summed E-state index contributed by atoms with van der Waals surface area (Å²) in [7, 11) is -7.79. The number of ether oxygens (including phenoxy) is 5. The van der Waals surface area contributed by atoms with E-state index in [0.29, 0.717) is 109 Å². The number of hydrogen-bond donors (Lipinski definition) is 8. The summed E-state index contributed by atoms with van der Waals surface area (Å²) in [6, 6.07) is 28.2. The van der Waals surface area contributed by atoms with Gasteiger partial charge in [0.2, 0.25) is 0 Å². The Bertz CT molecular complexity index is 5400. The van der Waals surface area contributed by atoms with Gasteiger partial charge in [0.1, 0.15) is 58.4 Å². The number of halogens is 2. The molecule has 0 atom stereocenters. The Morgan fingerprint density at radius 2 is 0.797 bits per heavy atom. The molecule has 0 spiro atoms. The van der Waals surface area contributed by atoms with Gasteiger partial charge in [-0.05, 0) is 298 Å². The Morgan fingerprint density at radius 3 is 1.12 bits per heavy atom. The van der Waals surface area contributed by atoms with E-state index in [1.165, 1.54) is 51.9 Å². The van der Waals surface area contributed by atoms with Crippen LogP contribution in [0.3, 0.4) is 0 Å². The third kappa shape index (κ3) is 60.3. The summed E-state index contributed by atoms with van der Waals surface area (Å²) in [6.07, 6.45) is 9.31. The van der Waals surface area contributed by atoms with Crippen molar-refractivity contribution in [2.45, 2.75) is 353 Å². The zero-order valence-electron chi connectivity index (χ0n) is 97.1. The van der Waals surface area contributed by atoms with Crippen molar-refractivity contribution in [3.05, 3.63) is 220 Å². The van der Waals surface area contributed by atoms with Gasteiger partial charge >= 0.3 is 60.4 Å². The first-order valence-corrected chi connectivity index (χ1v) is 55.1. The summed E-state index contributed by atoms with van der Waals surface area (Å²) in [4.78, 5) is 65.2. The van der Waals surface area contributed by atoms with Crippen molar-refractivity contribution in [1.82, 2.24) is 0 Å². The number of allylic oxidation sites excluding steroid dienone is 5. The predicted octanol–water partition coefficient (Wildman–Crippen LogP) is 26.8. The van der Waals surface area contributed by atoms with Gasteiger partial charge in [0, 0.05) is 47.4 Å². The minimum absolute atomic E-state index is 0. The van der Waals surface area contributed by atoms with Crippen molar-refractivity contribution in [1.29, 1.82) is 0 Å². The van der Waals surface area contributed by atoms with Crippen molar-refractivity contribution in [3.8, 4) is 28.7 Å². The van der Waals surface area contributed by atoms with Crippen molar-refractivity contribution < 1.29 is 134 Å². The first-order valence-electron chi connectivity index (χ1n) is 50.9. The summed E-state index contributed by atoms with van der Waals surface area (Å²) in [5, 5.41) is 58.2. The van der Waals surface area contributed by atoms with Gasteiger partial charge in [-0.2, -0.15) is 8.42 Å². The second-order valence-corrected chi connectivity index (χ2v) is 42.1. The maximum absolute atomic E-state index is 12.1. The largest absolute Gasteiger partial charge is 1.00 e. The minimum Gasteiger partial charge on any atom is -1.00 e. The first kappa shape index (κ1) is 150. The Balaban J connectivity index is -0.000000305. The third-order valence-electron chi connectivity index (χ3n) is 21.9. The van der Waals surface area contributed by atoms with E-state index < -0.39 is 35.9 Å². The van der Waals surface area contributed by atoms with Crippen LogP contribution in [-0.4, -0.2) is 173 Å². The van der Waals surface area contributed by atoms with Crippen LogP contribution in [0, 0.1) is 6.92 Å². The molecular weight excluding hydrogens is 1970 g/mol. The number of ketones is 1. The molecule has 0 saturated heterocycles. The fourth-order valence-electron chi connectivity index (χ4n) is 13.7. The van der Waals surface area contributed by atoms with Gasteiger partial charge in [-0.1, -0.05) is 240 Å². The van der Waals surface area contributed by atoms with E-state index in [1.807, 2.05) is 93.5 Å². The average Bonchev–Trinajstić information content (AvgIpc) is 0.693. The molecule has 8 N–H and O–H groups in total. The van der Waals surface area contributed by atoms with E-state index in [-0.39, 0.29) is 109 Å². The zero-order chi connectivity index (χ0) is 114. The number of carbonyl (C=O) groups is 5. The standard InChI is InChI=1S/C19H30O2.C19H28O2.C16H20O2.C16H24O2.C13H18O3.C12H18O.C11H21O5P.C6H10O3.C4H10O.CH2Cl2.Al.Li.H2O4S.4H/c2*1-7-10-21-19-17(14(4)5)11-16(13(2)3)12-18(19)15(6)8-9-20;1-9(2)12-7-13(10(3)4)16-14(8-12)11(5)6-15(17)18-16;1-10(2)13-8-14(11(3)4)16(18)15(9-13)12(5)6-7-17;1-7(2)9-5-10(8(3)4)12(14)11(6-9)13(15)16;1-8(2)10-5-6-12(13)11(7-10)9(3)4;1-5-14-11(12)8-10(4)9-17(13,15-6-2)16-7-3;1-3-9-6(8)4-5(2)7;1-3-5-4-2;2-1-3;;;1-5(2,3)4;;;;/h8,11-14,20H,7,9-10H2,1-6H3;8-9,11-14H,7,10H2,1-6H3;6-10H,1-5H3;6,8-11,17-18H,7H2,1-5H3;5-8,14H,1-4H3,(H,15,16);5-9,13H,1-4H3;8H,5-7,9H2,1-4H3;3-4H2,1-2H3;3-4H2,1-2H3;1H2;;;(H2,1,2,3,4);;;;/q;;;;;;;;;;;+1;;;;;-1/b2*15-8-;;12-6-;;;10-8-;;;;;;;;;;. The summed E-state index contributed by atoms with van der Waals surface area (Å²) >= 11 is 9.53. The molecule has 834 valence electrons. The minimum atomic E-state index is -4.67. The van der Waals surface area contributed by atoms with E-state index in [9.17, 15) is 53.8 Å². The normalized spacial score (nSPS) is 11.4. The number of aliphatic hydroxyl groups is 2. The number of Topliss-reactive ketones (excluding diaryl/α,β-unsaturated/α-hetero) is 1. The van der Waals surface area contributed by atoms with Crippen molar-refractivity contribution in [2.24, 2.45) is 0 Å². The number of aliphatic hydroxyl groups excluding tert-OH is 2. The van der Waals surface area contributed by atoms with Crippen LogP contribution >= 0.6 is 30.8 Å². The number of aldehydes is 1. The number of benzene rings is 6. The molecule has 31 heteroatoms. The van der Waals surface area contributed by atoms with Crippen molar-refractivity contribution in [2.75, 3.05) is 77.6 Å². The van der Waals surface area contributed by atoms with Gasteiger partial charge in [0.15, 0.2) is 17.4 Å². The molecule has 7 rings (SSSR count). The molecule has 148 heavy (non-hydrogen) atoms. The number of phenolic OH excluding ortho intramolecular Hbond substituents is 2. The summed E-state index contributed by atoms with van der Waals surface area (Å²) in [5.74, 6) is 4.97. The average molecular weight is 2160 g/mol. The summed E-state index contributed by atoms with van der Waals surface area (Å²) < 4.78 is 85.5. The van der Waals surface area contributed by atoms with Gasteiger partial charge in [-0.3, -0.25) is 28.1 Å². The first-order chi connectivity index (χ1) is 67.9. The maximum atomic E-state index is 12.1. The van der Waals surface area contributed by atoms with Crippen LogP contribution in [0.2, 0.25) is 0 Å². The monoisotopic (exact) mass is 2160 g/mol. The summed E-state index contributed by atoms with van der Waals surface area (Å²) in [5.41, 5.74) is 21.7. The van der Waals surface area contributed by atoms with Gasteiger partial charge in [-0.15, -0.1) is 23.2 Å². The molecule has 0 aliphatic carbocycles. The number of carbonyl (C=O) groups excluding carboxylic acids is 4. The predicted molar refractivity (Wildman–Crippen MR) is 615 cm³/mol. The number of hydrogen-bond acceptors (Lipinski definition) is 22. The molecule has 6 aromatic carbocycles. The Kier molecular flexibility index (Phi) is 82.0. The topological polar surface area (TPSA) is 393 Å². The van der Waals surface area contributed by atoms with Crippen LogP contribution in [0.15, 0.2) is 124 Å². The molecule has 0 aliphatic heterocycles. The van der Waals surface area contributed by atoms with Gasteiger partial charge in [0.05, 0.1) is 64.4 Å². The molecule has 0 radical (unpaired) electrons. The van der Waals surface area contributed by atoms with E-state index in [1.54, 1.807) is 65.0 Å². The van der Waals surface area contributed by atoms with Gasteiger partial charge < -0.3 is 69.2 Å². The van der Waals surface area contributed by atoms with Crippen LogP contribution in [0.1, 0.15) is 447 Å². The number of aromatic hydroxyl groups is 3. The third-order valence-corrected chi connectivity index (χ3v) is 24.0. The number of carboxylic acids is 1. The Hall–Kier alpha value is -8.15. The molecule has 1 aromatic heterocycles. The molecule has 0 aliphatic rings. The molecule has 25 nitrogen and oxygen atoms in total. The van der Waals surface area contributed by atoms with Crippen LogP contribution in [0.5, 0.6) is 28.7 Å². The second-order valence-electron chi connectivity index (χ2n) is 38.4. The number of phenols is 3. The second kappa shape index (κ2) is 80.7. The fraction of sp³-hybridized carbons (Fsp3) is 0.556. The number of rotatable bonds is 38. The smallest absolute Gasteiger partial charge is 1.00 e. The van der Waals surface area contributed by atoms with E-state index >= 15 is 0 Å². The number of aryl methyl sites for hydroxylation is 1. The van der Waals surface area contributed by atoms with E-state index in [2.05, 4.69) is 206 Å². The number of aromatic carboxylic acids is 1. The molecule has 0 unspecified atom stereocenters. The van der Waals surface area contributed by atoms with Crippen LogP contribution < -0.4 is 34.0 Å². The molecule has 0 amide bonds. The number of esters is 2. The molecule has 0 bridgehead atoms. The Labute approximate surface area is 923 Å². The molecule has 1 heterocycles. The van der Waals surface area contributed by atoms with Crippen molar-refractivity contribution >= 4 is 116 Å². The van der Waals surface area contributed by atoms with Crippen LogP contribution in [0.4, 0.5) is 0 Å². The van der Waals surface area contributed by atoms with Crippen molar-refractivity contribution in [3.63, 3.8) is 0 Å². The van der Waals surface area contributed by atoms with Crippen LogP contribution in [-0.2, 0) is 57.4 Å². The zero-order valence-corrected chi connectivity index (χ0v) is 99.4. The Morgan fingerprint density at radius 1 is 0.459 bits per heavy atom. The van der Waals surface area contributed by atoms with Crippen LogP contribution in [0.25, 0.3) is 27.7 Å². The molecule has 0 saturated carbocycles. The maximum Gasteiger partial charge on any atom is 1.00 e. The van der Waals surface area contributed by atoms with Gasteiger partial charge in [-0.25, -0.2) is 14.4 Å². The SMILES string of the molecule is C/C(=C/CO)c1cc(C(C)C)cc(C(C)C)c1O.CC(C)c1cc(C(=O)O)c(O)c(C(C)C)c1.CC(C)c1ccc(O)c(C(C)C)c1.CCCOc1c(/C(C)=C\C=O)cc(C(C)C)cc1C(C)C.CCCOc1c(/C(C)=C\CO)cc(C(C)C)cc1C(C)C.CCOC(=O)/C=C(/C)CP(=O)(OCC)OCC.CCOC(=O)CC(C)=O.CCOCC.Cc1cc(=O)oc2c(C(C)C)cc(C(C)C)cc12.ClCCl.O=S(=O)(O)O.[AlH3].[H-].[Li+]. The summed E-state index contributed by atoms with van der Waals surface area (Å²) in [6.45, 7) is 81.5. The van der Waals surface area contributed by atoms with E-state index in [4.69, 9.17) is 83.4 Å². The quantitative estimate of drug-likeness (QED) is 0.00205.